The average Bonchev–Trinajstić information content (AvgIpc) is 3.35. The minimum absolute atomic E-state index is 0.0520. The fraction of sp³-hybridized carbons (Fsp3) is 0.429. The van der Waals surface area contributed by atoms with Gasteiger partial charge in [-0.25, -0.2) is 4.98 Å². The van der Waals surface area contributed by atoms with Gasteiger partial charge in [0.1, 0.15) is 10.7 Å². The number of hydrogen-bond donors (Lipinski definition) is 0. The number of methoxy groups -OCH3 is 2. The lowest BCUT2D eigenvalue weighted by Gasteiger charge is -2.29. The molecule has 3 aromatic rings. The fourth-order valence-corrected chi connectivity index (χ4v) is 5.50. The number of halogens is 1. The first-order chi connectivity index (χ1) is 17.4. The summed E-state index contributed by atoms with van der Waals surface area (Å²) in [5.74, 6) is 2.19. The van der Waals surface area contributed by atoms with Crippen LogP contribution >= 0.6 is 22.9 Å². The first-order valence-electron chi connectivity index (χ1n) is 12.4. The molecule has 0 unspecified atom stereocenters. The number of hydrogen-bond acceptors (Lipinski definition) is 6. The van der Waals surface area contributed by atoms with Crippen LogP contribution in [0.25, 0.3) is 0 Å². The van der Waals surface area contributed by atoms with Gasteiger partial charge in [0, 0.05) is 36.6 Å². The summed E-state index contributed by atoms with van der Waals surface area (Å²) in [5.41, 5.74) is 2.87. The van der Waals surface area contributed by atoms with Gasteiger partial charge in [0.25, 0.3) is 5.91 Å². The van der Waals surface area contributed by atoms with Crippen LogP contribution in [0.5, 0.6) is 11.5 Å². The van der Waals surface area contributed by atoms with E-state index in [4.69, 9.17) is 26.1 Å². The molecule has 1 fully saturated rings. The quantitative estimate of drug-likeness (QED) is 0.327. The molecule has 0 radical (unpaired) electrons. The number of aromatic nitrogens is 1. The van der Waals surface area contributed by atoms with Gasteiger partial charge >= 0.3 is 0 Å². The smallest absolute Gasteiger partial charge is 0.273 e. The van der Waals surface area contributed by atoms with Gasteiger partial charge < -0.3 is 14.4 Å². The number of amides is 1. The second kappa shape index (κ2) is 12.6. The molecule has 0 saturated carbocycles. The zero-order chi connectivity index (χ0) is 25.5. The van der Waals surface area contributed by atoms with Crippen LogP contribution in [0.3, 0.4) is 0 Å². The van der Waals surface area contributed by atoms with Crippen molar-refractivity contribution < 1.29 is 14.3 Å². The first-order valence-corrected chi connectivity index (χ1v) is 13.6. The molecule has 1 aliphatic rings. The van der Waals surface area contributed by atoms with Crippen LogP contribution in [0, 0.1) is 5.92 Å². The topological polar surface area (TPSA) is 54.9 Å². The Morgan fingerprint density at radius 2 is 1.86 bits per heavy atom. The molecule has 0 spiro atoms. The Kier molecular flexibility index (Phi) is 9.24. The maximum Gasteiger partial charge on any atom is 0.273 e. The Hall–Kier alpha value is -2.61. The van der Waals surface area contributed by atoms with Crippen LogP contribution in [0.15, 0.2) is 47.8 Å². The fourth-order valence-electron chi connectivity index (χ4n) is 4.48. The van der Waals surface area contributed by atoms with Crippen molar-refractivity contribution in [2.75, 3.05) is 33.9 Å². The predicted molar refractivity (Wildman–Crippen MR) is 145 cm³/mol. The van der Waals surface area contributed by atoms with Gasteiger partial charge in [-0.1, -0.05) is 36.7 Å². The van der Waals surface area contributed by atoms with E-state index in [2.05, 4.69) is 24.0 Å². The Morgan fingerprint density at radius 1 is 1.08 bits per heavy atom. The Balaban J connectivity index is 1.46. The predicted octanol–water partition coefficient (Wildman–Crippen LogP) is 5.93. The van der Waals surface area contributed by atoms with Gasteiger partial charge in [0.2, 0.25) is 0 Å². The van der Waals surface area contributed by atoms with Gasteiger partial charge in [-0.3, -0.25) is 9.69 Å². The zero-order valence-corrected chi connectivity index (χ0v) is 22.8. The maximum atomic E-state index is 13.0. The van der Waals surface area contributed by atoms with E-state index in [-0.39, 0.29) is 5.91 Å². The van der Waals surface area contributed by atoms with Crippen LogP contribution in [-0.4, -0.2) is 54.5 Å². The summed E-state index contributed by atoms with van der Waals surface area (Å²) in [5, 5.41) is 3.57. The molecule has 2 aromatic carbocycles. The molecule has 1 aliphatic heterocycles. The Morgan fingerprint density at radius 3 is 2.58 bits per heavy atom. The minimum atomic E-state index is 0.0520. The number of piperidine rings is 1. The molecule has 1 saturated heterocycles. The highest BCUT2D eigenvalue weighted by Crippen LogP contribution is 2.28. The second-order valence-electron chi connectivity index (χ2n) is 9.38. The van der Waals surface area contributed by atoms with Gasteiger partial charge in [-0.15, -0.1) is 11.3 Å². The normalized spacial score (nSPS) is 14.3. The lowest BCUT2D eigenvalue weighted by atomic mass is 9.99. The van der Waals surface area contributed by atoms with Crippen LogP contribution in [0.4, 0.5) is 0 Å². The van der Waals surface area contributed by atoms with Gasteiger partial charge in [-0.2, -0.15) is 0 Å². The second-order valence-corrected chi connectivity index (χ2v) is 10.8. The third-order valence-electron chi connectivity index (χ3n) is 6.66. The summed E-state index contributed by atoms with van der Waals surface area (Å²) in [6, 6.07) is 14.0. The van der Waals surface area contributed by atoms with E-state index in [0.29, 0.717) is 18.2 Å². The summed E-state index contributed by atoms with van der Waals surface area (Å²) in [4.78, 5) is 22.0. The summed E-state index contributed by atoms with van der Waals surface area (Å²) >= 11 is 7.80. The van der Waals surface area contributed by atoms with E-state index >= 15 is 0 Å². The molecule has 8 heteroatoms. The molecule has 0 aliphatic carbocycles. The van der Waals surface area contributed by atoms with Crippen molar-refractivity contribution in [1.29, 1.82) is 0 Å². The lowest BCUT2D eigenvalue weighted by molar-refractivity contribution is 0.0691. The summed E-state index contributed by atoms with van der Waals surface area (Å²) < 4.78 is 10.8. The standard InChI is InChI=1S/C28H34ClN3O3S/c1-20-9-13-32(14-10-20)28(33)24-19-36-27(30-24)18-31(17-22-5-4-6-23(29)15-22)12-11-21-7-8-25(34-2)26(16-21)35-3/h4-8,15-16,19-20H,9-14,17-18H2,1-3H3. The lowest BCUT2D eigenvalue weighted by Crippen LogP contribution is -2.38. The van der Waals surface area contributed by atoms with E-state index in [9.17, 15) is 4.79 Å². The molecule has 6 nitrogen and oxygen atoms in total. The van der Waals surface area contributed by atoms with Crippen LogP contribution < -0.4 is 9.47 Å². The number of ether oxygens (including phenoxy) is 2. The third kappa shape index (κ3) is 6.99. The molecular formula is C28H34ClN3O3S. The van der Waals surface area contributed by atoms with Crippen LogP contribution in [0.2, 0.25) is 5.02 Å². The number of nitrogens with zero attached hydrogens (tertiary/aromatic N) is 3. The van der Waals surface area contributed by atoms with E-state index < -0.39 is 0 Å². The number of thiazole rings is 1. The molecule has 2 heterocycles. The van der Waals surface area contributed by atoms with Crippen molar-refractivity contribution in [3.63, 3.8) is 0 Å². The highest BCUT2D eigenvalue weighted by Gasteiger charge is 2.23. The summed E-state index contributed by atoms with van der Waals surface area (Å²) in [7, 11) is 3.29. The summed E-state index contributed by atoms with van der Waals surface area (Å²) in [6.07, 6.45) is 2.96. The van der Waals surface area contributed by atoms with Crippen molar-refractivity contribution >= 4 is 28.8 Å². The van der Waals surface area contributed by atoms with Crippen LogP contribution in [0.1, 0.15) is 46.4 Å². The van der Waals surface area contributed by atoms with Crippen molar-refractivity contribution in [3.05, 3.63) is 74.7 Å². The number of benzene rings is 2. The van der Waals surface area contributed by atoms with E-state index in [1.54, 1.807) is 25.6 Å². The van der Waals surface area contributed by atoms with E-state index in [1.807, 2.05) is 40.6 Å². The maximum absolute atomic E-state index is 13.0. The summed E-state index contributed by atoms with van der Waals surface area (Å²) in [6.45, 7) is 6.10. The zero-order valence-electron chi connectivity index (χ0n) is 21.2. The van der Waals surface area contributed by atoms with E-state index in [1.165, 1.54) is 0 Å². The van der Waals surface area contributed by atoms with Crippen LogP contribution in [-0.2, 0) is 19.5 Å². The Labute approximate surface area is 222 Å². The SMILES string of the molecule is COc1ccc(CCN(Cc2cccc(Cl)c2)Cc2nc(C(=O)N3CCC(C)CC3)cs2)cc1OC. The highest BCUT2D eigenvalue weighted by molar-refractivity contribution is 7.09. The molecule has 1 aromatic heterocycles. The number of rotatable bonds is 10. The third-order valence-corrected chi connectivity index (χ3v) is 7.73. The Bertz CT molecular complexity index is 1160. The van der Waals surface area contributed by atoms with Crippen molar-refractivity contribution in [1.82, 2.24) is 14.8 Å². The van der Waals surface area contributed by atoms with E-state index in [0.717, 1.165) is 78.1 Å². The number of carbonyl (C=O) groups is 1. The molecule has 192 valence electrons. The monoisotopic (exact) mass is 527 g/mol. The molecule has 4 rings (SSSR count). The molecule has 1 amide bonds. The van der Waals surface area contributed by atoms with Gasteiger partial charge in [0.15, 0.2) is 11.5 Å². The average molecular weight is 528 g/mol. The first kappa shape index (κ1) is 26.5. The van der Waals surface area contributed by atoms with Crippen molar-refractivity contribution in [3.8, 4) is 11.5 Å². The highest BCUT2D eigenvalue weighted by atomic mass is 35.5. The minimum Gasteiger partial charge on any atom is -0.493 e. The number of likely N-dealkylation sites (tertiary alicyclic amines) is 1. The molecule has 0 N–H and O–H groups in total. The van der Waals surface area contributed by atoms with Gasteiger partial charge in [0.05, 0.1) is 20.8 Å². The molecule has 0 bridgehead atoms. The molecular weight excluding hydrogens is 494 g/mol. The largest absolute Gasteiger partial charge is 0.493 e. The molecule has 36 heavy (non-hydrogen) atoms. The van der Waals surface area contributed by atoms with Crippen molar-refractivity contribution in [2.24, 2.45) is 5.92 Å². The number of carbonyl (C=O) groups excluding carboxylic acids is 1. The molecule has 0 atom stereocenters. The van der Waals surface area contributed by atoms with Crippen molar-refractivity contribution in [2.45, 2.75) is 39.3 Å². The van der Waals surface area contributed by atoms with Gasteiger partial charge in [-0.05, 0) is 60.6 Å².